The molecule has 110 valence electrons. The molecule has 1 aromatic heterocycles. The highest BCUT2D eigenvalue weighted by Crippen LogP contribution is 2.22. The molecule has 3 rings (SSSR count). The van der Waals surface area contributed by atoms with Crippen molar-refractivity contribution >= 4 is 23.1 Å². The van der Waals surface area contributed by atoms with Gasteiger partial charge >= 0.3 is 0 Å². The standard InChI is InChI=1S/C18H15NO3/c1-2-22-15-7-5-6-13(10-15)18(21)19-11-14(12-20)16-8-3-4-9-17(16)19/h3-12H,2H2,1H3. The molecule has 0 radical (unpaired) electrons. The van der Waals surface area contributed by atoms with Crippen molar-refractivity contribution in [3.63, 3.8) is 0 Å². The number of fused-ring (bicyclic) bond motifs is 1. The summed E-state index contributed by atoms with van der Waals surface area (Å²) in [7, 11) is 0. The van der Waals surface area contributed by atoms with E-state index in [0.29, 0.717) is 23.5 Å². The lowest BCUT2D eigenvalue weighted by molar-refractivity contribution is 0.0964. The lowest BCUT2D eigenvalue weighted by Crippen LogP contribution is -2.10. The van der Waals surface area contributed by atoms with Crippen molar-refractivity contribution in [3.05, 3.63) is 65.9 Å². The van der Waals surface area contributed by atoms with Gasteiger partial charge in [-0.15, -0.1) is 0 Å². The van der Waals surface area contributed by atoms with Gasteiger partial charge in [-0.2, -0.15) is 0 Å². The Bertz CT molecular complexity index is 848. The minimum absolute atomic E-state index is 0.189. The molecule has 3 aromatic rings. The molecule has 0 aliphatic carbocycles. The molecule has 0 amide bonds. The van der Waals surface area contributed by atoms with Crippen LogP contribution in [-0.2, 0) is 0 Å². The fraction of sp³-hybridized carbons (Fsp3) is 0.111. The van der Waals surface area contributed by atoms with E-state index in [4.69, 9.17) is 4.74 Å². The zero-order chi connectivity index (χ0) is 15.5. The quantitative estimate of drug-likeness (QED) is 0.691. The number of hydrogen-bond donors (Lipinski definition) is 0. The Morgan fingerprint density at radius 1 is 1.18 bits per heavy atom. The van der Waals surface area contributed by atoms with E-state index in [1.165, 1.54) is 4.57 Å². The monoisotopic (exact) mass is 293 g/mol. The molecule has 4 heteroatoms. The van der Waals surface area contributed by atoms with Gasteiger partial charge in [-0.3, -0.25) is 14.2 Å². The van der Waals surface area contributed by atoms with Crippen molar-refractivity contribution in [2.75, 3.05) is 6.61 Å². The van der Waals surface area contributed by atoms with E-state index in [0.717, 1.165) is 17.2 Å². The summed E-state index contributed by atoms with van der Waals surface area (Å²) in [5, 5.41) is 0.770. The number of rotatable bonds is 4. The SMILES string of the molecule is CCOc1cccc(C(=O)n2cc(C=O)c3ccccc32)c1. The van der Waals surface area contributed by atoms with Crippen LogP contribution in [0.15, 0.2) is 54.7 Å². The second-order valence-electron chi connectivity index (χ2n) is 4.86. The maximum absolute atomic E-state index is 12.7. The van der Waals surface area contributed by atoms with Crippen LogP contribution in [0.25, 0.3) is 10.9 Å². The molecule has 1 heterocycles. The number of aromatic nitrogens is 1. The van der Waals surface area contributed by atoms with Gasteiger partial charge in [0.25, 0.3) is 5.91 Å². The maximum Gasteiger partial charge on any atom is 0.262 e. The average Bonchev–Trinajstić information content (AvgIpc) is 2.93. The average molecular weight is 293 g/mol. The highest BCUT2D eigenvalue weighted by molar-refractivity contribution is 6.06. The number of para-hydroxylation sites is 1. The first kappa shape index (κ1) is 14.1. The second-order valence-corrected chi connectivity index (χ2v) is 4.86. The van der Waals surface area contributed by atoms with Gasteiger partial charge < -0.3 is 4.74 Å². The van der Waals surface area contributed by atoms with E-state index in [1.807, 2.05) is 37.3 Å². The van der Waals surface area contributed by atoms with Crippen molar-refractivity contribution in [1.82, 2.24) is 4.57 Å². The Kier molecular flexibility index (Phi) is 3.74. The Labute approximate surface area is 127 Å². The van der Waals surface area contributed by atoms with Crippen LogP contribution in [-0.4, -0.2) is 23.4 Å². The smallest absolute Gasteiger partial charge is 0.262 e. The number of hydrogen-bond acceptors (Lipinski definition) is 3. The molecular weight excluding hydrogens is 278 g/mol. The molecule has 0 saturated carbocycles. The third kappa shape index (κ3) is 2.39. The molecule has 0 unspecified atom stereocenters. The summed E-state index contributed by atoms with van der Waals surface area (Å²) in [6, 6.07) is 14.4. The van der Waals surface area contributed by atoms with Gasteiger partial charge in [-0.25, -0.2) is 0 Å². The Morgan fingerprint density at radius 3 is 2.77 bits per heavy atom. The van der Waals surface area contributed by atoms with Gasteiger partial charge in [-0.05, 0) is 31.2 Å². The molecule has 0 saturated heterocycles. The summed E-state index contributed by atoms with van der Waals surface area (Å²) in [5.41, 5.74) is 1.74. The lowest BCUT2D eigenvalue weighted by Gasteiger charge is -2.07. The predicted molar refractivity (Wildman–Crippen MR) is 84.7 cm³/mol. The highest BCUT2D eigenvalue weighted by Gasteiger charge is 2.15. The van der Waals surface area contributed by atoms with Crippen LogP contribution in [0.4, 0.5) is 0 Å². The molecular formula is C18H15NO3. The molecule has 0 spiro atoms. The molecule has 4 nitrogen and oxygen atoms in total. The van der Waals surface area contributed by atoms with Gasteiger partial charge in [0.15, 0.2) is 6.29 Å². The molecule has 0 atom stereocenters. The fourth-order valence-electron chi connectivity index (χ4n) is 2.49. The first-order valence-electron chi connectivity index (χ1n) is 7.07. The van der Waals surface area contributed by atoms with Crippen molar-refractivity contribution < 1.29 is 14.3 Å². The largest absolute Gasteiger partial charge is 0.494 e. The Hall–Kier alpha value is -2.88. The zero-order valence-corrected chi connectivity index (χ0v) is 12.2. The summed E-state index contributed by atoms with van der Waals surface area (Å²) >= 11 is 0. The fourth-order valence-corrected chi connectivity index (χ4v) is 2.49. The molecule has 0 aliphatic heterocycles. The van der Waals surface area contributed by atoms with E-state index >= 15 is 0 Å². The minimum Gasteiger partial charge on any atom is -0.494 e. The normalized spacial score (nSPS) is 10.6. The number of aldehydes is 1. The van der Waals surface area contributed by atoms with Crippen LogP contribution >= 0.6 is 0 Å². The second kappa shape index (κ2) is 5.85. The van der Waals surface area contributed by atoms with Crippen LogP contribution in [0.2, 0.25) is 0 Å². The van der Waals surface area contributed by atoms with Gasteiger partial charge in [-0.1, -0.05) is 24.3 Å². The first-order chi connectivity index (χ1) is 10.7. The van der Waals surface area contributed by atoms with Crippen molar-refractivity contribution in [1.29, 1.82) is 0 Å². The van der Waals surface area contributed by atoms with Gasteiger partial charge in [0.2, 0.25) is 0 Å². The van der Waals surface area contributed by atoms with E-state index < -0.39 is 0 Å². The number of nitrogens with zero attached hydrogens (tertiary/aromatic N) is 1. The lowest BCUT2D eigenvalue weighted by atomic mass is 10.2. The topological polar surface area (TPSA) is 48.3 Å². The van der Waals surface area contributed by atoms with Gasteiger partial charge in [0, 0.05) is 22.7 Å². The highest BCUT2D eigenvalue weighted by atomic mass is 16.5. The molecule has 22 heavy (non-hydrogen) atoms. The predicted octanol–water partition coefficient (Wildman–Crippen LogP) is 3.54. The molecule has 0 bridgehead atoms. The van der Waals surface area contributed by atoms with Crippen molar-refractivity contribution in [2.45, 2.75) is 6.92 Å². The van der Waals surface area contributed by atoms with E-state index in [9.17, 15) is 9.59 Å². The van der Waals surface area contributed by atoms with Crippen molar-refractivity contribution in [2.24, 2.45) is 0 Å². The van der Waals surface area contributed by atoms with Crippen LogP contribution in [0.3, 0.4) is 0 Å². The Balaban J connectivity index is 2.09. The van der Waals surface area contributed by atoms with E-state index in [2.05, 4.69) is 0 Å². The number of benzene rings is 2. The summed E-state index contributed by atoms with van der Waals surface area (Å²) in [5.74, 6) is 0.464. The minimum atomic E-state index is -0.189. The summed E-state index contributed by atoms with van der Waals surface area (Å²) in [4.78, 5) is 23.9. The summed E-state index contributed by atoms with van der Waals surface area (Å²) in [6.07, 6.45) is 2.34. The number of carbonyl (C=O) groups is 2. The van der Waals surface area contributed by atoms with Crippen molar-refractivity contribution in [3.8, 4) is 5.75 Å². The third-order valence-electron chi connectivity index (χ3n) is 3.48. The molecule has 2 aromatic carbocycles. The van der Waals surface area contributed by atoms with E-state index in [1.54, 1.807) is 24.4 Å². The van der Waals surface area contributed by atoms with Gasteiger partial charge in [0.1, 0.15) is 5.75 Å². The number of carbonyl (C=O) groups excluding carboxylic acids is 2. The van der Waals surface area contributed by atoms with Crippen LogP contribution in [0, 0.1) is 0 Å². The van der Waals surface area contributed by atoms with Gasteiger partial charge in [0.05, 0.1) is 12.1 Å². The maximum atomic E-state index is 12.7. The van der Waals surface area contributed by atoms with E-state index in [-0.39, 0.29) is 5.91 Å². The summed E-state index contributed by atoms with van der Waals surface area (Å²) in [6.45, 7) is 2.43. The molecule has 0 fully saturated rings. The zero-order valence-electron chi connectivity index (χ0n) is 12.2. The molecule has 0 aliphatic rings. The third-order valence-corrected chi connectivity index (χ3v) is 3.48. The van der Waals surface area contributed by atoms with Crippen LogP contribution < -0.4 is 4.74 Å². The van der Waals surface area contributed by atoms with Crippen LogP contribution in [0.1, 0.15) is 27.6 Å². The molecule has 0 N–H and O–H groups in total. The first-order valence-corrected chi connectivity index (χ1v) is 7.07. The number of ether oxygens (including phenoxy) is 1. The summed E-state index contributed by atoms with van der Waals surface area (Å²) < 4.78 is 6.93. The Morgan fingerprint density at radius 2 is 2.00 bits per heavy atom. The van der Waals surface area contributed by atoms with Crippen LogP contribution in [0.5, 0.6) is 5.75 Å².